The van der Waals surface area contributed by atoms with Gasteiger partial charge in [0.2, 0.25) is 11.8 Å². The van der Waals surface area contributed by atoms with Crippen LogP contribution in [0.1, 0.15) is 25.0 Å². The van der Waals surface area contributed by atoms with Gasteiger partial charge in [0.25, 0.3) is 10.0 Å². The number of hydrogen-bond acceptors (Lipinski definition) is 4. The highest BCUT2D eigenvalue weighted by molar-refractivity contribution is 7.92. The predicted molar refractivity (Wildman–Crippen MR) is 181 cm³/mol. The van der Waals surface area contributed by atoms with E-state index in [0.29, 0.717) is 27.2 Å². The third kappa shape index (κ3) is 9.23. The molecule has 0 aliphatic carbocycles. The van der Waals surface area contributed by atoms with Crippen molar-refractivity contribution in [3.63, 3.8) is 0 Å². The van der Waals surface area contributed by atoms with E-state index in [1.54, 1.807) is 48.5 Å². The second-order valence-electron chi connectivity index (χ2n) is 10.9. The van der Waals surface area contributed by atoms with Gasteiger partial charge >= 0.3 is 0 Å². The minimum absolute atomic E-state index is 0.00978. The Bertz CT molecular complexity index is 1700. The first-order valence-corrected chi connectivity index (χ1v) is 16.9. The average Bonchev–Trinajstić information content (AvgIpc) is 3.02. The molecular weight excluding hydrogens is 653 g/mol. The Morgan fingerprint density at radius 3 is 2.00 bits per heavy atom. The number of halogens is 3. The SMILES string of the molecule is CC(C)CNC(=O)C(Cc1ccccc1)N(Cc1ccc(Cl)cc1Cl)C(=O)CN(c1ccc(Cl)cc1)S(=O)(=O)c1ccccc1. The van der Waals surface area contributed by atoms with Crippen molar-refractivity contribution in [2.75, 3.05) is 17.4 Å². The Labute approximate surface area is 279 Å². The number of nitrogens with zero attached hydrogens (tertiary/aromatic N) is 2. The number of rotatable bonds is 13. The van der Waals surface area contributed by atoms with E-state index in [0.717, 1.165) is 9.87 Å². The van der Waals surface area contributed by atoms with Gasteiger partial charge in [0, 0.05) is 34.6 Å². The summed E-state index contributed by atoms with van der Waals surface area (Å²) in [4.78, 5) is 29.7. The molecule has 11 heteroatoms. The number of hydrogen-bond donors (Lipinski definition) is 1. The molecule has 7 nitrogen and oxygen atoms in total. The summed E-state index contributed by atoms with van der Waals surface area (Å²) >= 11 is 18.8. The van der Waals surface area contributed by atoms with Crippen LogP contribution in [0.3, 0.4) is 0 Å². The van der Waals surface area contributed by atoms with Crippen molar-refractivity contribution in [2.45, 2.75) is 37.8 Å². The summed E-state index contributed by atoms with van der Waals surface area (Å²) in [6.45, 7) is 3.68. The monoisotopic (exact) mass is 685 g/mol. The van der Waals surface area contributed by atoms with Crippen molar-refractivity contribution in [2.24, 2.45) is 5.92 Å². The largest absolute Gasteiger partial charge is 0.354 e. The van der Waals surface area contributed by atoms with Crippen LogP contribution in [0.2, 0.25) is 15.1 Å². The van der Waals surface area contributed by atoms with E-state index >= 15 is 0 Å². The second-order valence-corrected chi connectivity index (χ2v) is 14.0. The molecule has 45 heavy (non-hydrogen) atoms. The molecule has 4 aromatic rings. The zero-order valence-corrected chi connectivity index (χ0v) is 28.0. The van der Waals surface area contributed by atoms with Gasteiger partial charge in [0.05, 0.1) is 10.6 Å². The quantitative estimate of drug-likeness (QED) is 0.161. The molecule has 236 valence electrons. The number of anilines is 1. The number of sulfonamides is 1. The molecule has 0 heterocycles. The van der Waals surface area contributed by atoms with Gasteiger partial charge in [0.1, 0.15) is 12.6 Å². The van der Waals surface area contributed by atoms with Gasteiger partial charge in [-0.3, -0.25) is 13.9 Å². The summed E-state index contributed by atoms with van der Waals surface area (Å²) in [6, 6.07) is 27.3. The molecule has 0 spiro atoms. The van der Waals surface area contributed by atoms with E-state index in [2.05, 4.69) is 5.32 Å². The summed E-state index contributed by atoms with van der Waals surface area (Å²) in [5, 5.41) is 4.10. The maximum Gasteiger partial charge on any atom is 0.264 e. The summed E-state index contributed by atoms with van der Waals surface area (Å²) in [5.41, 5.74) is 1.62. The van der Waals surface area contributed by atoms with Gasteiger partial charge in [-0.15, -0.1) is 0 Å². The Hall–Kier alpha value is -3.56. The molecule has 4 aromatic carbocycles. The van der Waals surface area contributed by atoms with Gasteiger partial charge in [-0.05, 0) is 65.6 Å². The standard InChI is InChI=1S/C34H34Cl3N3O4S/c1-24(2)21-38-34(42)32(19-25-9-5-3-6-10-25)39(22-26-13-14-28(36)20-31(26)37)33(41)23-40(29-17-15-27(35)16-18-29)45(43,44)30-11-7-4-8-12-30/h3-18,20,24,32H,19,21-23H2,1-2H3,(H,38,42). The van der Waals surface area contributed by atoms with E-state index in [1.165, 1.54) is 29.2 Å². The fourth-order valence-corrected chi connectivity index (χ4v) is 6.70. The molecule has 0 bridgehead atoms. The molecule has 0 aliphatic heterocycles. The molecule has 0 aromatic heterocycles. The number of amides is 2. The molecule has 2 amide bonds. The van der Waals surface area contributed by atoms with Crippen LogP contribution < -0.4 is 9.62 Å². The van der Waals surface area contributed by atoms with Crippen LogP contribution in [-0.4, -0.2) is 44.3 Å². The highest BCUT2D eigenvalue weighted by Crippen LogP contribution is 2.28. The first-order chi connectivity index (χ1) is 21.5. The lowest BCUT2D eigenvalue weighted by Gasteiger charge is -2.34. The first-order valence-electron chi connectivity index (χ1n) is 14.3. The van der Waals surface area contributed by atoms with Crippen molar-refractivity contribution < 1.29 is 18.0 Å². The maximum absolute atomic E-state index is 14.5. The second kappa shape index (κ2) is 15.6. The van der Waals surface area contributed by atoms with Crippen molar-refractivity contribution in [3.05, 3.63) is 129 Å². The lowest BCUT2D eigenvalue weighted by Crippen LogP contribution is -2.53. The molecule has 0 radical (unpaired) electrons. The van der Waals surface area contributed by atoms with Crippen LogP contribution >= 0.6 is 34.8 Å². The van der Waals surface area contributed by atoms with Gasteiger partial charge in [0.15, 0.2) is 0 Å². The lowest BCUT2D eigenvalue weighted by atomic mass is 10.0. The Morgan fingerprint density at radius 1 is 0.800 bits per heavy atom. The third-order valence-corrected chi connectivity index (χ3v) is 9.66. The van der Waals surface area contributed by atoms with Crippen LogP contribution in [0.25, 0.3) is 0 Å². The van der Waals surface area contributed by atoms with Crippen LogP contribution in [-0.2, 0) is 32.6 Å². The van der Waals surface area contributed by atoms with E-state index in [9.17, 15) is 18.0 Å². The number of carbonyl (C=O) groups is 2. The zero-order chi connectivity index (χ0) is 32.6. The van der Waals surface area contributed by atoms with Gasteiger partial charge in [-0.25, -0.2) is 8.42 Å². The van der Waals surface area contributed by atoms with E-state index in [1.807, 2.05) is 44.2 Å². The van der Waals surface area contributed by atoms with Crippen molar-refractivity contribution in [1.29, 1.82) is 0 Å². The highest BCUT2D eigenvalue weighted by atomic mass is 35.5. The smallest absolute Gasteiger partial charge is 0.264 e. The van der Waals surface area contributed by atoms with Gasteiger partial charge < -0.3 is 10.2 Å². The summed E-state index contributed by atoms with van der Waals surface area (Å²) in [7, 11) is -4.21. The first kappa shape index (κ1) is 34.3. The topological polar surface area (TPSA) is 86.8 Å². The number of benzene rings is 4. The highest BCUT2D eigenvalue weighted by Gasteiger charge is 2.35. The molecule has 0 saturated carbocycles. The van der Waals surface area contributed by atoms with Crippen molar-refractivity contribution in [1.82, 2.24) is 10.2 Å². The van der Waals surface area contributed by atoms with Crippen LogP contribution in [0, 0.1) is 5.92 Å². The molecule has 1 unspecified atom stereocenters. The molecule has 1 atom stereocenters. The van der Waals surface area contributed by atoms with E-state index < -0.39 is 28.5 Å². The molecule has 0 saturated heterocycles. The molecule has 4 rings (SSSR count). The van der Waals surface area contributed by atoms with Crippen LogP contribution in [0.4, 0.5) is 5.69 Å². The average molecular weight is 687 g/mol. The maximum atomic E-state index is 14.5. The lowest BCUT2D eigenvalue weighted by molar-refractivity contribution is -0.140. The fourth-order valence-electron chi connectivity index (χ4n) is 4.67. The Kier molecular flexibility index (Phi) is 11.9. The molecular formula is C34H34Cl3N3O4S. The van der Waals surface area contributed by atoms with Crippen molar-refractivity contribution in [3.8, 4) is 0 Å². The van der Waals surface area contributed by atoms with Gasteiger partial charge in [-0.2, -0.15) is 0 Å². The number of carbonyl (C=O) groups excluding carboxylic acids is 2. The Morgan fingerprint density at radius 2 is 1.40 bits per heavy atom. The minimum atomic E-state index is -4.21. The van der Waals surface area contributed by atoms with E-state index in [4.69, 9.17) is 34.8 Å². The third-order valence-electron chi connectivity index (χ3n) is 7.04. The summed E-state index contributed by atoms with van der Waals surface area (Å²) < 4.78 is 29.0. The number of nitrogens with one attached hydrogen (secondary N) is 1. The summed E-state index contributed by atoms with van der Waals surface area (Å²) in [6.07, 6.45) is 0.189. The Balaban J connectivity index is 1.81. The van der Waals surface area contributed by atoms with Crippen LogP contribution in [0.5, 0.6) is 0 Å². The molecule has 0 aliphatic rings. The van der Waals surface area contributed by atoms with Crippen LogP contribution in [0.15, 0.2) is 108 Å². The predicted octanol–water partition coefficient (Wildman–Crippen LogP) is 7.25. The molecule has 1 N–H and O–H groups in total. The fraction of sp³-hybridized carbons (Fsp3) is 0.235. The van der Waals surface area contributed by atoms with E-state index in [-0.39, 0.29) is 35.4 Å². The zero-order valence-electron chi connectivity index (χ0n) is 24.9. The van der Waals surface area contributed by atoms with Gasteiger partial charge in [-0.1, -0.05) is 103 Å². The molecule has 0 fully saturated rings. The normalized spacial score (nSPS) is 12.0. The minimum Gasteiger partial charge on any atom is -0.354 e. The van der Waals surface area contributed by atoms with Crippen molar-refractivity contribution >= 4 is 62.3 Å². The summed E-state index contributed by atoms with van der Waals surface area (Å²) in [5.74, 6) is -0.802.